The summed E-state index contributed by atoms with van der Waals surface area (Å²) in [5, 5.41) is 10.3. The van der Waals surface area contributed by atoms with Crippen LogP contribution < -0.4 is 0 Å². The average Bonchev–Trinajstić information content (AvgIpc) is 2.96. The first-order chi connectivity index (χ1) is 13.1. The molecule has 4 heteroatoms. The second kappa shape index (κ2) is 8.01. The molecule has 160 valence electrons. The number of hydrogen-bond donors (Lipinski definition) is 1. The number of hydrogen-bond acceptors (Lipinski definition) is 4. The number of carbonyl (C=O) groups is 1. The summed E-state index contributed by atoms with van der Waals surface area (Å²) in [7, 11) is 1.39. The van der Waals surface area contributed by atoms with E-state index in [1.807, 2.05) is 13.8 Å². The largest absolute Gasteiger partial charge is 0.497 e. The van der Waals surface area contributed by atoms with Gasteiger partial charge < -0.3 is 14.6 Å². The van der Waals surface area contributed by atoms with Crippen molar-refractivity contribution in [2.24, 2.45) is 28.6 Å². The molecule has 4 nitrogen and oxygen atoms in total. The van der Waals surface area contributed by atoms with E-state index in [9.17, 15) is 9.90 Å². The van der Waals surface area contributed by atoms with Gasteiger partial charge in [0.25, 0.3) is 0 Å². The molecule has 0 radical (unpaired) electrons. The zero-order valence-corrected chi connectivity index (χ0v) is 18.5. The van der Waals surface area contributed by atoms with Crippen molar-refractivity contribution < 1.29 is 19.4 Å². The van der Waals surface area contributed by atoms with Gasteiger partial charge in [-0.3, -0.25) is 0 Å². The summed E-state index contributed by atoms with van der Waals surface area (Å²) in [4.78, 5) is 11.3. The predicted molar refractivity (Wildman–Crippen MR) is 111 cm³/mol. The minimum Gasteiger partial charge on any atom is -0.497 e. The lowest BCUT2D eigenvalue weighted by Gasteiger charge is -2.56. The number of aliphatic hydroxyl groups is 1. The maximum Gasteiger partial charge on any atom is 0.333 e. The molecule has 6 atom stereocenters. The molecule has 1 N–H and O–H groups in total. The summed E-state index contributed by atoms with van der Waals surface area (Å²) in [5.74, 6) is 1.89. The number of methoxy groups -OCH3 is 1. The molecule has 0 amide bonds. The molecule has 3 aliphatic rings. The van der Waals surface area contributed by atoms with Crippen LogP contribution in [-0.2, 0) is 14.3 Å². The molecule has 3 fully saturated rings. The molecule has 3 aliphatic carbocycles. The van der Waals surface area contributed by atoms with E-state index in [0.29, 0.717) is 11.3 Å². The zero-order valence-electron chi connectivity index (χ0n) is 18.5. The second-order valence-corrected chi connectivity index (χ2v) is 10.8. The molecule has 0 spiro atoms. The molecule has 0 heterocycles. The normalized spacial score (nSPS) is 40.8. The first-order valence-electron chi connectivity index (χ1n) is 11.2. The van der Waals surface area contributed by atoms with Crippen molar-refractivity contribution in [2.45, 2.75) is 97.2 Å². The number of carbonyl (C=O) groups excluding carboxylic acids is 1. The monoisotopic (exact) mass is 392 g/mol. The van der Waals surface area contributed by atoms with E-state index in [2.05, 4.69) is 18.6 Å². The lowest BCUT2D eigenvalue weighted by molar-refractivity contribution is -0.135. The third-order valence-corrected chi connectivity index (χ3v) is 8.49. The standard InChI is InChI=1S/C24H40O4/c1-22(2,26)14-15-23(3)12-6-7-17-18(23)10-13-24(4)19(17)8-9-20(24)28-16-11-21(25)27-5/h11,16-20,26H,6-10,12-15H2,1-5H3. The van der Waals surface area contributed by atoms with Crippen molar-refractivity contribution in [3.8, 4) is 0 Å². The van der Waals surface area contributed by atoms with Crippen molar-refractivity contribution in [2.75, 3.05) is 7.11 Å². The number of rotatable bonds is 6. The van der Waals surface area contributed by atoms with E-state index in [-0.39, 0.29) is 17.5 Å². The number of fused-ring (bicyclic) bond motifs is 3. The quantitative estimate of drug-likeness (QED) is 0.381. The van der Waals surface area contributed by atoms with Crippen LogP contribution in [0.5, 0.6) is 0 Å². The van der Waals surface area contributed by atoms with Gasteiger partial charge in [-0.1, -0.05) is 20.3 Å². The lowest BCUT2D eigenvalue weighted by atomic mass is 9.49. The molecule has 0 aromatic carbocycles. The fourth-order valence-corrected chi connectivity index (χ4v) is 6.82. The molecule has 0 aromatic rings. The zero-order chi connectivity index (χ0) is 20.6. The molecule has 28 heavy (non-hydrogen) atoms. The van der Waals surface area contributed by atoms with Crippen LogP contribution in [0.1, 0.15) is 85.5 Å². The highest BCUT2D eigenvalue weighted by atomic mass is 16.5. The van der Waals surface area contributed by atoms with Gasteiger partial charge in [0.05, 0.1) is 25.0 Å². The Morgan fingerprint density at radius 1 is 1.14 bits per heavy atom. The van der Waals surface area contributed by atoms with Gasteiger partial charge >= 0.3 is 5.97 Å². The minimum atomic E-state index is -0.572. The molecule has 0 saturated heterocycles. The maximum absolute atomic E-state index is 11.3. The summed E-state index contributed by atoms with van der Waals surface area (Å²) in [6.45, 7) is 8.78. The van der Waals surface area contributed by atoms with Crippen molar-refractivity contribution in [3.63, 3.8) is 0 Å². The highest BCUT2D eigenvalue weighted by Gasteiger charge is 2.58. The van der Waals surface area contributed by atoms with Crippen LogP contribution in [0.25, 0.3) is 0 Å². The van der Waals surface area contributed by atoms with Crippen LogP contribution in [0.2, 0.25) is 0 Å². The summed E-state index contributed by atoms with van der Waals surface area (Å²) >= 11 is 0. The smallest absolute Gasteiger partial charge is 0.333 e. The average molecular weight is 393 g/mol. The summed E-state index contributed by atoms with van der Waals surface area (Å²) in [6.07, 6.45) is 13.9. The Hall–Kier alpha value is -1.03. The Bertz CT molecular complexity index is 592. The van der Waals surface area contributed by atoms with Gasteiger partial charge in [-0.2, -0.15) is 0 Å². The second-order valence-electron chi connectivity index (χ2n) is 10.8. The van der Waals surface area contributed by atoms with E-state index in [4.69, 9.17) is 4.74 Å². The molecule has 0 aromatic heterocycles. The summed E-state index contributed by atoms with van der Waals surface area (Å²) in [6, 6.07) is 0. The van der Waals surface area contributed by atoms with Gasteiger partial charge in [0.1, 0.15) is 6.10 Å². The highest BCUT2D eigenvalue weighted by molar-refractivity contribution is 5.81. The third kappa shape index (κ3) is 4.27. The van der Waals surface area contributed by atoms with Crippen molar-refractivity contribution in [3.05, 3.63) is 12.3 Å². The molecule has 6 unspecified atom stereocenters. The Morgan fingerprint density at radius 2 is 1.89 bits per heavy atom. The highest BCUT2D eigenvalue weighted by Crippen LogP contribution is 2.64. The fraction of sp³-hybridized carbons (Fsp3) is 0.875. The van der Waals surface area contributed by atoms with Crippen LogP contribution in [0.3, 0.4) is 0 Å². The molecule has 3 rings (SSSR count). The molecule has 0 bridgehead atoms. The molecule has 3 saturated carbocycles. The van der Waals surface area contributed by atoms with Crippen LogP contribution in [-0.4, -0.2) is 29.9 Å². The maximum atomic E-state index is 11.3. The Morgan fingerprint density at radius 3 is 2.57 bits per heavy atom. The van der Waals surface area contributed by atoms with E-state index in [0.717, 1.165) is 31.1 Å². The van der Waals surface area contributed by atoms with Crippen LogP contribution >= 0.6 is 0 Å². The Kier molecular flexibility index (Phi) is 6.20. The summed E-state index contributed by atoms with van der Waals surface area (Å²) in [5.41, 5.74) is -0.0124. The van der Waals surface area contributed by atoms with Crippen molar-refractivity contribution in [1.29, 1.82) is 0 Å². The first-order valence-corrected chi connectivity index (χ1v) is 11.2. The number of esters is 1. The van der Waals surface area contributed by atoms with Gasteiger partial charge in [-0.25, -0.2) is 4.79 Å². The lowest BCUT2D eigenvalue weighted by Crippen LogP contribution is -2.50. The Labute approximate surface area is 171 Å². The van der Waals surface area contributed by atoms with E-state index >= 15 is 0 Å². The minimum absolute atomic E-state index is 0.198. The van der Waals surface area contributed by atoms with Gasteiger partial charge in [0.15, 0.2) is 0 Å². The van der Waals surface area contributed by atoms with E-state index in [1.165, 1.54) is 51.7 Å². The van der Waals surface area contributed by atoms with Crippen molar-refractivity contribution >= 4 is 5.97 Å². The Balaban J connectivity index is 1.70. The predicted octanol–water partition coefficient (Wildman–Crippen LogP) is 5.24. The van der Waals surface area contributed by atoms with Crippen LogP contribution in [0.15, 0.2) is 12.3 Å². The van der Waals surface area contributed by atoms with Crippen LogP contribution in [0.4, 0.5) is 0 Å². The van der Waals surface area contributed by atoms with Gasteiger partial charge in [0, 0.05) is 5.41 Å². The van der Waals surface area contributed by atoms with E-state index < -0.39 is 5.60 Å². The van der Waals surface area contributed by atoms with Gasteiger partial charge in [0.2, 0.25) is 0 Å². The third-order valence-electron chi connectivity index (χ3n) is 8.49. The van der Waals surface area contributed by atoms with Crippen LogP contribution in [0, 0.1) is 28.6 Å². The SMILES string of the molecule is COC(=O)C=COC1CCC2C3CCCC(C)(CCC(C)(C)O)C3CCC12C. The first kappa shape index (κ1) is 21.7. The van der Waals surface area contributed by atoms with Gasteiger partial charge in [-0.15, -0.1) is 0 Å². The van der Waals surface area contributed by atoms with Gasteiger partial charge in [-0.05, 0) is 88.4 Å². The fourth-order valence-electron chi connectivity index (χ4n) is 6.82. The molecular weight excluding hydrogens is 352 g/mol. The molecular formula is C24H40O4. The van der Waals surface area contributed by atoms with Crippen molar-refractivity contribution in [1.82, 2.24) is 0 Å². The van der Waals surface area contributed by atoms with E-state index in [1.54, 1.807) is 6.26 Å². The molecule has 0 aliphatic heterocycles. The number of ether oxygens (including phenoxy) is 2. The topological polar surface area (TPSA) is 55.8 Å². The summed E-state index contributed by atoms with van der Waals surface area (Å²) < 4.78 is 10.7.